The van der Waals surface area contributed by atoms with E-state index in [9.17, 15) is 9.59 Å². The molecule has 2 saturated carbocycles. The van der Waals surface area contributed by atoms with Gasteiger partial charge in [0.25, 0.3) is 0 Å². The maximum atomic E-state index is 12.0. The molecule has 0 spiro atoms. The number of amides is 1. The molecule has 2 aliphatic carbocycles. The highest BCUT2D eigenvalue weighted by molar-refractivity contribution is 5.76. The summed E-state index contributed by atoms with van der Waals surface area (Å²) in [6, 6.07) is 0.0713. The number of carboxylic acids is 1. The molecule has 2 aliphatic rings. The number of aliphatic carboxylic acids is 1. The van der Waals surface area contributed by atoms with E-state index in [2.05, 4.69) is 5.32 Å². The van der Waals surface area contributed by atoms with Crippen molar-refractivity contribution in [2.24, 2.45) is 11.8 Å². The van der Waals surface area contributed by atoms with Crippen LogP contribution in [0.25, 0.3) is 0 Å². The zero-order valence-corrected chi connectivity index (χ0v) is 13.0. The predicted octanol–water partition coefficient (Wildman–Crippen LogP) is 3.50. The Labute approximate surface area is 127 Å². The van der Waals surface area contributed by atoms with Crippen molar-refractivity contribution in [1.82, 2.24) is 5.32 Å². The molecule has 2 fully saturated rings. The zero-order chi connectivity index (χ0) is 15.1. The van der Waals surface area contributed by atoms with Crippen LogP contribution in [0.4, 0.5) is 0 Å². The molecule has 0 aliphatic heterocycles. The monoisotopic (exact) mass is 295 g/mol. The molecule has 0 radical (unpaired) electrons. The van der Waals surface area contributed by atoms with E-state index in [4.69, 9.17) is 5.11 Å². The van der Waals surface area contributed by atoms with Crippen molar-refractivity contribution < 1.29 is 14.7 Å². The van der Waals surface area contributed by atoms with Gasteiger partial charge in [0.05, 0.1) is 5.92 Å². The van der Waals surface area contributed by atoms with Crippen molar-refractivity contribution in [1.29, 1.82) is 0 Å². The lowest BCUT2D eigenvalue weighted by molar-refractivity contribution is -0.143. The average Bonchev–Trinajstić information content (AvgIpc) is 2.48. The Bertz CT molecular complexity index is 350. The molecule has 0 aromatic carbocycles. The fraction of sp³-hybridized carbons (Fsp3) is 0.882. The molecule has 2 N–H and O–H groups in total. The molecular weight excluding hydrogens is 266 g/mol. The normalized spacial score (nSPS) is 27.2. The highest BCUT2D eigenvalue weighted by Crippen LogP contribution is 2.28. The van der Waals surface area contributed by atoms with Gasteiger partial charge in [-0.05, 0) is 38.0 Å². The molecular formula is C17H29NO3. The minimum Gasteiger partial charge on any atom is -0.481 e. The summed E-state index contributed by atoms with van der Waals surface area (Å²) in [5.74, 6) is -0.0444. The molecule has 0 aromatic heterocycles. The molecule has 120 valence electrons. The summed E-state index contributed by atoms with van der Waals surface area (Å²) >= 11 is 0. The Morgan fingerprint density at radius 2 is 1.76 bits per heavy atom. The van der Waals surface area contributed by atoms with E-state index < -0.39 is 5.97 Å². The van der Waals surface area contributed by atoms with Crippen LogP contribution in [-0.2, 0) is 9.59 Å². The lowest BCUT2D eigenvalue weighted by Gasteiger charge is -2.27. The molecule has 0 heterocycles. The van der Waals surface area contributed by atoms with E-state index >= 15 is 0 Å². The zero-order valence-electron chi connectivity index (χ0n) is 13.0. The molecule has 0 aromatic rings. The lowest BCUT2D eigenvalue weighted by atomic mass is 9.85. The van der Waals surface area contributed by atoms with Gasteiger partial charge in [-0.2, -0.15) is 0 Å². The lowest BCUT2D eigenvalue weighted by Crippen LogP contribution is -2.39. The number of carbonyl (C=O) groups is 2. The Morgan fingerprint density at radius 3 is 2.48 bits per heavy atom. The summed E-state index contributed by atoms with van der Waals surface area (Å²) in [6.45, 7) is 0. The van der Waals surface area contributed by atoms with Gasteiger partial charge >= 0.3 is 5.97 Å². The molecule has 2 rings (SSSR count). The Kier molecular flexibility index (Phi) is 6.52. The van der Waals surface area contributed by atoms with Crippen LogP contribution >= 0.6 is 0 Å². The third-order valence-corrected chi connectivity index (χ3v) is 5.13. The van der Waals surface area contributed by atoms with Crippen molar-refractivity contribution in [2.75, 3.05) is 0 Å². The highest BCUT2D eigenvalue weighted by Gasteiger charge is 2.27. The van der Waals surface area contributed by atoms with E-state index in [1.54, 1.807) is 0 Å². The van der Waals surface area contributed by atoms with E-state index in [1.807, 2.05) is 0 Å². The van der Waals surface area contributed by atoms with Crippen LogP contribution in [0.2, 0.25) is 0 Å². The number of carbonyl (C=O) groups excluding carboxylic acids is 1. The van der Waals surface area contributed by atoms with Crippen molar-refractivity contribution >= 4 is 11.9 Å². The quantitative estimate of drug-likeness (QED) is 0.788. The maximum Gasteiger partial charge on any atom is 0.306 e. The Morgan fingerprint density at radius 1 is 1.00 bits per heavy atom. The molecule has 4 nitrogen and oxygen atoms in total. The standard InChI is InChI=1S/C17H29NO3/c19-16(11-4-8-13-6-2-1-3-7-13)18-15-10-5-9-14(12-15)17(20)21/h13-15H,1-12H2,(H,18,19)(H,20,21). The van der Waals surface area contributed by atoms with Gasteiger partial charge in [0.1, 0.15) is 0 Å². The van der Waals surface area contributed by atoms with Gasteiger partial charge in [0.15, 0.2) is 0 Å². The van der Waals surface area contributed by atoms with Crippen LogP contribution in [0, 0.1) is 11.8 Å². The van der Waals surface area contributed by atoms with Crippen molar-refractivity contribution in [3.05, 3.63) is 0 Å². The smallest absolute Gasteiger partial charge is 0.306 e. The van der Waals surface area contributed by atoms with Gasteiger partial charge in [0.2, 0.25) is 5.91 Å². The summed E-state index contributed by atoms with van der Waals surface area (Å²) in [5.41, 5.74) is 0. The molecule has 0 saturated heterocycles. The fourth-order valence-electron chi connectivity index (χ4n) is 3.87. The third-order valence-electron chi connectivity index (χ3n) is 5.13. The van der Waals surface area contributed by atoms with E-state index in [1.165, 1.54) is 38.5 Å². The largest absolute Gasteiger partial charge is 0.481 e. The second-order valence-electron chi connectivity index (χ2n) is 6.86. The third kappa shape index (κ3) is 5.68. The minimum atomic E-state index is -0.716. The highest BCUT2D eigenvalue weighted by atomic mass is 16.4. The fourth-order valence-corrected chi connectivity index (χ4v) is 3.87. The molecule has 2 atom stereocenters. The van der Waals surface area contributed by atoms with Gasteiger partial charge in [-0.3, -0.25) is 9.59 Å². The van der Waals surface area contributed by atoms with Gasteiger partial charge in [0, 0.05) is 12.5 Å². The summed E-state index contributed by atoms with van der Waals surface area (Å²) in [5, 5.41) is 12.1. The first-order valence-electron chi connectivity index (χ1n) is 8.67. The van der Waals surface area contributed by atoms with Crippen LogP contribution in [0.1, 0.15) is 77.0 Å². The van der Waals surface area contributed by atoms with Gasteiger partial charge in [-0.15, -0.1) is 0 Å². The van der Waals surface area contributed by atoms with E-state index in [-0.39, 0.29) is 17.9 Å². The predicted molar refractivity (Wildman–Crippen MR) is 82.0 cm³/mol. The molecule has 4 heteroatoms. The topological polar surface area (TPSA) is 66.4 Å². The minimum absolute atomic E-state index is 0.0713. The van der Waals surface area contributed by atoms with E-state index in [0.29, 0.717) is 12.8 Å². The average molecular weight is 295 g/mol. The van der Waals surface area contributed by atoms with E-state index in [0.717, 1.165) is 31.6 Å². The summed E-state index contributed by atoms with van der Waals surface area (Å²) in [4.78, 5) is 23.0. The Hall–Kier alpha value is -1.06. The van der Waals surface area contributed by atoms with Gasteiger partial charge in [-0.25, -0.2) is 0 Å². The molecule has 1 amide bonds. The number of rotatable bonds is 6. The molecule has 21 heavy (non-hydrogen) atoms. The van der Waals surface area contributed by atoms with Crippen LogP contribution in [0.15, 0.2) is 0 Å². The van der Waals surface area contributed by atoms with Crippen molar-refractivity contribution in [3.63, 3.8) is 0 Å². The first-order chi connectivity index (χ1) is 10.1. The number of nitrogens with one attached hydrogen (secondary N) is 1. The van der Waals surface area contributed by atoms with Gasteiger partial charge < -0.3 is 10.4 Å². The van der Waals surface area contributed by atoms with Gasteiger partial charge in [-0.1, -0.05) is 38.5 Å². The summed E-state index contributed by atoms with van der Waals surface area (Å²) < 4.78 is 0. The number of carboxylic acid groups (broad SMARTS) is 1. The first-order valence-corrected chi connectivity index (χ1v) is 8.67. The summed E-state index contributed by atoms with van der Waals surface area (Å²) in [7, 11) is 0. The van der Waals surface area contributed by atoms with Crippen molar-refractivity contribution in [3.8, 4) is 0 Å². The number of hydrogen-bond acceptors (Lipinski definition) is 2. The first kappa shape index (κ1) is 16.3. The summed E-state index contributed by atoms with van der Waals surface area (Å²) in [6.07, 6.45) is 12.7. The number of hydrogen-bond donors (Lipinski definition) is 2. The van der Waals surface area contributed by atoms with Crippen LogP contribution in [-0.4, -0.2) is 23.0 Å². The molecule has 0 bridgehead atoms. The van der Waals surface area contributed by atoms with Crippen molar-refractivity contribution in [2.45, 2.75) is 83.1 Å². The SMILES string of the molecule is O=C(CCCC1CCCCC1)NC1CCCC(C(=O)O)C1. The second kappa shape index (κ2) is 8.40. The molecule has 2 unspecified atom stereocenters. The van der Waals surface area contributed by atoms with Crippen LogP contribution < -0.4 is 5.32 Å². The second-order valence-corrected chi connectivity index (χ2v) is 6.86. The Balaban J connectivity index is 1.61. The van der Waals surface area contributed by atoms with Crippen LogP contribution in [0.5, 0.6) is 0 Å². The maximum absolute atomic E-state index is 12.0. The van der Waals surface area contributed by atoms with Crippen LogP contribution in [0.3, 0.4) is 0 Å².